The van der Waals surface area contributed by atoms with E-state index in [0.717, 1.165) is 0 Å². The highest BCUT2D eigenvalue weighted by Gasteiger charge is 2.07. The zero-order valence-corrected chi connectivity index (χ0v) is 12.9. The molecule has 0 radical (unpaired) electrons. The first-order valence-electron chi connectivity index (χ1n) is 7.48. The third-order valence-electron chi connectivity index (χ3n) is 3.57. The summed E-state index contributed by atoms with van der Waals surface area (Å²) in [5, 5.41) is 0. The average Bonchev–Trinajstić information content (AvgIpc) is 2.35. The first-order chi connectivity index (χ1) is 8.53. The highest BCUT2D eigenvalue weighted by Crippen LogP contribution is 2.23. The minimum absolute atomic E-state index is 0.587. The van der Waals surface area contributed by atoms with E-state index in [1.807, 2.05) is 0 Å². The third-order valence-corrected chi connectivity index (χ3v) is 3.57. The lowest BCUT2D eigenvalue weighted by Crippen LogP contribution is -1.99. The molecule has 0 aromatic heterocycles. The van der Waals surface area contributed by atoms with Crippen molar-refractivity contribution in [2.24, 2.45) is 17.8 Å². The van der Waals surface area contributed by atoms with Gasteiger partial charge >= 0.3 is 0 Å². The second kappa shape index (κ2) is 10.2. The fourth-order valence-electron chi connectivity index (χ4n) is 2.22. The summed E-state index contributed by atoms with van der Waals surface area (Å²) in [6.45, 7) is 16.9. The maximum Gasteiger partial charge on any atom is -0.0227 e. The Morgan fingerprint density at radius 3 is 2.06 bits per heavy atom. The van der Waals surface area contributed by atoms with Crippen LogP contribution in [-0.2, 0) is 0 Å². The van der Waals surface area contributed by atoms with Gasteiger partial charge in [0.25, 0.3) is 0 Å². The lowest BCUT2D eigenvalue weighted by Gasteiger charge is -2.15. The van der Waals surface area contributed by atoms with Gasteiger partial charge in [-0.3, -0.25) is 0 Å². The van der Waals surface area contributed by atoms with Crippen LogP contribution in [0.15, 0.2) is 37.0 Å². The zero-order valence-electron chi connectivity index (χ0n) is 12.9. The number of hydrogen-bond donors (Lipinski definition) is 0. The molecule has 104 valence electrons. The van der Waals surface area contributed by atoms with Crippen LogP contribution in [0.5, 0.6) is 0 Å². The van der Waals surface area contributed by atoms with Crippen molar-refractivity contribution in [3.05, 3.63) is 37.0 Å². The molecule has 3 atom stereocenters. The monoisotopic (exact) mass is 248 g/mol. The van der Waals surface area contributed by atoms with E-state index < -0.39 is 0 Å². The normalized spacial score (nSPS) is 17.0. The van der Waals surface area contributed by atoms with E-state index >= 15 is 0 Å². The van der Waals surface area contributed by atoms with Crippen molar-refractivity contribution in [1.29, 1.82) is 0 Å². The average molecular weight is 248 g/mol. The Kier molecular flexibility index (Phi) is 9.73. The van der Waals surface area contributed by atoms with Gasteiger partial charge in [-0.1, -0.05) is 57.9 Å². The van der Waals surface area contributed by atoms with Crippen LogP contribution >= 0.6 is 0 Å². The smallest absolute Gasteiger partial charge is 0.0227 e. The van der Waals surface area contributed by atoms with Crippen LogP contribution in [0.1, 0.15) is 59.8 Å². The van der Waals surface area contributed by atoms with E-state index in [-0.39, 0.29) is 0 Å². The lowest BCUT2D eigenvalue weighted by molar-refractivity contribution is 0.584. The summed E-state index contributed by atoms with van der Waals surface area (Å²) >= 11 is 0. The second-order valence-electron chi connectivity index (χ2n) is 5.76. The van der Waals surface area contributed by atoms with Crippen LogP contribution in [0, 0.1) is 17.8 Å². The first kappa shape index (κ1) is 17.2. The summed E-state index contributed by atoms with van der Waals surface area (Å²) in [7, 11) is 0. The van der Waals surface area contributed by atoms with Crippen molar-refractivity contribution in [3.63, 3.8) is 0 Å². The molecular formula is C18H32. The summed E-state index contributed by atoms with van der Waals surface area (Å²) in [5.74, 6) is 1.92. The Labute approximate surface area is 115 Å². The van der Waals surface area contributed by atoms with Crippen molar-refractivity contribution in [3.8, 4) is 0 Å². The molecule has 0 aromatic rings. The molecular weight excluding hydrogens is 216 g/mol. The number of hydrogen-bond acceptors (Lipinski definition) is 0. The molecule has 0 amide bonds. The molecule has 0 saturated carbocycles. The van der Waals surface area contributed by atoms with E-state index in [2.05, 4.69) is 59.1 Å². The number of allylic oxidation sites excluding steroid dienone is 4. The predicted molar refractivity (Wildman–Crippen MR) is 84.7 cm³/mol. The Morgan fingerprint density at radius 1 is 0.944 bits per heavy atom. The molecule has 0 saturated heterocycles. The van der Waals surface area contributed by atoms with Gasteiger partial charge in [0, 0.05) is 0 Å². The van der Waals surface area contributed by atoms with Crippen LogP contribution in [0.3, 0.4) is 0 Å². The molecule has 0 nitrogen and oxygen atoms in total. The summed E-state index contributed by atoms with van der Waals surface area (Å²) in [6.07, 6.45) is 12.8. The quantitative estimate of drug-likeness (QED) is 0.406. The first-order valence-corrected chi connectivity index (χ1v) is 7.48. The zero-order chi connectivity index (χ0) is 14.0. The van der Waals surface area contributed by atoms with Crippen molar-refractivity contribution < 1.29 is 0 Å². The summed E-state index contributed by atoms with van der Waals surface area (Å²) in [6, 6.07) is 0. The van der Waals surface area contributed by atoms with E-state index in [1.54, 1.807) is 5.57 Å². The van der Waals surface area contributed by atoms with E-state index in [0.29, 0.717) is 17.8 Å². The van der Waals surface area contributed by atoms with Crippen molar-refractivity contribution in [1.82, 2.24) is 0 Å². The Balaban J connectivity index is 4.49. The largest absolute Gasteiger partial charge is 0.103 e. The fraction of sp³-hybridized carbons (Fsp3) is 0.667. The van der Waals surface area contributed by atoms with Gasteiger partial charge in [0.15, 0.2) is 0 Å². The third kappa shape index (κ3) is 8.33. The van der Waals surface area contributed by atoms with Gasteiger partial charge in [-0.05, 0) is 43.4 Å². The van der Waals surface area contributed by atoms with E-state index in [1.165, 1.54) is 32.1 Å². The summed E-state index contributed by atoms with van der Waals surface area (Å²) < 4.78 is 0. The minimum Gasteiger partial charge on any atom is -0.103 e. The van der Waals surface area contributed by atoms with Crippen molar-refractivity contribution in [2.45, 2.75) is 59.8 Å². The lowest BCUT2D eigenvalue weighted by atomic mass is 9.91. The summed E-state index contributed by atoms with van der Waals surface area (Å²) in [5.41, 5.74) is 1.61. The molecule has 0 fully saturated rings. The van der Waals surface area contributed by atoms with Gasteiger partial charge in [-0.25, -0.2) is 0 Å². The second-order valence-corrected chi connectivity index (χ2v) is 5.76. The molecule has 0 heterocycles. The van der Waals surface area contributed by atoms with Gasteiger partial charge in [0.1, 0.15) is 0 Å². The van der Waals surface area contributed by atoms with Gasteiger partial charge in [-0.2, -0.15) is 0 Å². The molecule has 0 aliphatic rings. The topological polar surface area (TPSA) is 0 Å². The van der Waals surface area contributed by atoms with Gasteiger partial charge in [0.2, 0.25) is 0 Å². The molecule has 0 N–H and O–H groups in total. The molecule has 0 aliphatic heterocycles. The fourth-order valence-corrected chi connectivity index (χ4v) is 2.22. The van der Waals surface area contributed by atoms with Crippen LogP contribution in [-0.4, -0.2) is 0 Å². The molecule has 0 aromatic carbocycles. The maximum atomic E-state index is 3.90. The van der Waals surface area contributed by atoms with Gasteiger partial charge < -0.3 is 0 Å². The standard InChI is InChI=1S/C18H32/c1-7-10-17(6)14-18(13-16(5)9-3)12-11-15(4)8-2/h8-9,14-17H,2-3,7,10-13H2,1,4-6H3. The highest BCUT2D eigenvalue weighted by atomic mass is 14.1. The number of rotatable bonds is 10. The van der Waals surface area contributed by atoms with Crippen molar-refractivity contribution in [2.75, 3.05) is 0 Å². The SMILES string of the molecule is C=CC(C)CCC(=CC(C)CCC)CC(C)C=C. The van der Waals surface area contributed by atoms with Crippen molar-refractivity contribution >= 4 is 0 Å². The van der Waals surface area contributed by atoms with E-state index in [4.69, 9.17) is 0 Å². The maximum absolute atomic E-state index is 3.90. The molecule has 18 heavy (non-hydrogen) atoms. The van der Waals surface area contributed by atoms with Gasteiger partial charge in [0.05, 0.1) is 0 Å². The summed E-state index contributed by atoms with van der Waals surface area (Å²) in [4.78, 5) is 0. The Bertz CT molecular complexity index is 259. The van der Waals surface area contributed by atoms with E-state index in [9.17, 15) is 0 Å². The van der Waals surface area contributed by atoms with Gasteiger partial charge in [-0.15, -0.1) is 13.2 Å². The predicted octanol–water partition coefficient (Wildman–Crippen LogP) is 6.16. The molecule has 0 aliphatic carbocycles. The Hall–Kier alpha value is -0.780. The molecule has 3 unspecified atom stereocenters. The molecule has 0 rings (SSSR count). The van der Waals surface area contributed by atoms with Crippen LogP contribution in [0.25, 0.3) is 0 Å². The molecule has 0 spiro atoms. The molecule has 0 heteroatoms. The van der Waals surface area contributed by atoms with Crippen LogP contribution in [0.2, 0.25) is 0 Å². The van der Waals surface area contributed by atoms with Crippen LogP contribution < -0.4 is 0 Å². The highest BCUT2D eigenvalue weighted by molar-refractivity contribution is 5.07. The minimum atomic E-state index is 0.587. The molecule has 0 bridgehead atoms. The Morgan fingerprint density at radius 2 is 1.56 bits per heavy atom. The van der Waals surface area contributed by atoms with Crippen LogP contribution in [0.4, 0.5) is 0 Å².